The average molecular weight is 358 g/mol. The van der Waals surface area contributed by atoms with E-state index >= 15 is 0 Å². The lowest BCUT2D eigenvalue weighted by molar-refractivity contribution is 0.0322. The Morgan fingerprint density at radius 1 is 1.00 bits per heavy atom. The third-order valence-electron chi connectivity index (χ3n) is 4.33. The van der Waals surface area contributed by atoms with Crippen LogP contribution in [0.2, 0.25) is 0 Å². The molecule has 0 radical (unpaired) electrons. The Balaban J connectivity index is 1.62. The van der Waals surface area contributed by atoms with Gasteiger partial charge in [0.05, 0.1) is 13.2 Å². The molecule has 1 fully saturated rings. The fraction of sp³-hybridized carbons (Fsp3) is 0.333. The van der Waals surface area contributed by atoms with Crippen LogP contribution in [-0.4, -0.2) is 44.4 Å². The minimum absolute atomic E-state index is 0.690. The molecule has 0 bridgehead atoms. The molecule has 2 aromatic rings. The van der Waals surface area contributed by atoms with Crippen LogP contribution in [0.4, 0.5) is 0 Å². The van der Waals surface area contributed by atoms with E-state index in [1.807, 2.05) is 37.3 Å². The van der Waals surface area contributed by atoms with Crippen LogP contribution in [0.3, 0.4) is 0 Å². The van der Waals surface area contributed by atoms with E-state index in [1.165, 1.54) is 0 Å². The molecular weight excluding hydrogens is 334 g/mol. The molecule has 4 heteroatoms. The van der Waals surface area contributed by atoms with E-state index in [1.54, 1.807) is 0 Å². The second-order valence-electron chi connectivity index (χ2n) is 6.10. The van der Waals surface area contributed by atoms with Gasteiger partial charge in [0.2, 0.25) is 0 Å². The van der Waals surface area contributed by atoms with Crippen molar-refractivity contribution in [2.45, 2.75) is 6.92 Å². The third-order valence-corrected chi connectivity index (χ3v) is 4.52. The summed E-state index contributed by atoms with van der Waals surface area (Å²) in [6.45, 7) is 7.17. The fourth-order valence-corrected chi connectivity index (χ4v) is 3.22. The molecule has 25 heavy (non-hydrogen) atoms. The number of benzene rings is 2. The summed E-state index contributed by atoms with van der Waals surface area (Å²) >= 11 is 6.35. The van der Waals surface area contributed by atoms with Gasteiger partial charge in [-0.25, -0.2) is 0 Å². The Morgan fingerprint density at radius 3 is 2.28 bits per heavy atom. The SMILES string of the molecule is C/C(Cl)=C(/c1ccccc1)c1ccc(OCCN2CCOCC2)cc1. The molecule has 3 nitrogen and oxygen atoms in total. The largest absolute Gasteiger partial charge is 0.492 e. The van der Waals surface area contributed by atoms with Gasteiger partial charge in [-0.15, -0.1) is 0 Å². The number of allylic oxidation sites excluding steroid dienone is 1. The van der Waals surface area contributed by atoms with Crippen LogP contribution in [0.25, 0.3) is 5.57 Å². The van der Waals surface area contributed by atoms with Crippen molar-refractivity contribution in [1.29, 1.82) is 0 Å². The minimum Gasteiger partial charge on any atom is -0.492 e. The highest BCUT2D eigenvalue weighted by Gasteiger charge is 2.10. The first-order chi connectivity index (χ1) is 12.2. The zero-order chi connectivity index (χ0) is 17.5. The maximum absolute atomic E-state index is 6.35. The molecule has 0 amide bonds. The van der Waals surface area contributed by atoms with Gasteiger partial charge in [-0.2, -0.15) is 0 Å². The molecule has 0 saturated carbocycles. The lowest BCUT2D eigenvalue weighted by Gasteiger charge is -2.26. The van der Waals surface area contributed by atoms with Crippen molar-refractivity contribution in [1.82, 2.24) is 4.90 Å². The van der Waals surface area contributed by atoms with E-state index in [0.29, 0.717) is 6.61 Å². The Morgan fingerprint density at radius 2 is 1.64 bits per heavy atom. The molecule has 0 aliphatic carbocycles. The first-order valence-corrected chi connectivity index (χ1v) is 9.07. The van der Waals surface area contributed by atoms with Crippen LogP contribution in [0, 0.1) is 0 Å². The topological polar surface area (TPSA) is 21.7 Å². The van der Waals surface area contributed by atoms with Crippen molar-refractivity contribution in [2.75, 3.05) is 39.5 Å². The van der Waals surface area contributed by atoms with Crippen molar-refractivity contribution in [3.8, 4) is 5.75 Å². The predicted molar refractivity (Wildman–Crippen MR) is 103 cm³/mol. The van der Waals surface area contributed by atoms with Gasteiger partial charge in [0, 0.05) is 30.2 Å². The second-order valence-corrected chi connectivity index (χ2v) is 6.67. The van der Waals surface area contributed by atoms with Gasteiger partial charge in [0.15, 0.2) is 0 Å². The van der Waals surface area contributed by atoms with Crippen molar-refractivity contribution >= 4 is 17.2 Å². The van der Waals surface area contributed by atoms with Crippen molar-refractivity contribution in [2.24, 2.45) is 0 Å². The number of rotatable bonds is 6. The molecule has 1 heterocycles. The van der Waals surface area contributed by atoms with Crippen LogP contribution >= 0.6 is 11.6 Å². The van der Waals surface area contributed by atoms with E-state index in [0.717, 1.165) is 60.3 Å². The highest BCUT2D eigenvalue weighted by atomic mass is 35.5. The van der Waals surface area contributed by atoms with Crippen LogP contribution in [0.1, 0.15) is 18.1 Å². The Bertz CT molecular complexity index is 688. The van der Waals surface area contributed by atoms with E-state index in [9.17, 15) is 0 Å². The lowest BCUT2D eigenvalue weighted by atomic mass is 9.98. The van der Waals surface area contributed by atoms with Crippen molar-refractivity contribution in [3.05, 3.63) is 70.8 Å². The van der Waals surface area contributed by atoms with E-state index in [2.05, 4.69) is 29.2 Å². The van der Waals surface area contributed by atoms with Crippen molar-refractivity contribution in [3.63, 3.8) is 0 Å². The van der Waals surface area contributed by atoms with Crippen molar-refractivity contribution < 1.29 is 9.47 Å². The molecule has 0 atom stereocenters. The quantitative estimate of drug-likeness (QED) is 0.764. The molecule has 3 rings (SSSR count). The van der Waals surface area contributed by atoms with Gasteiger partial charge >= 0.3 is 0 Å². The summed E-state index contributed by atoms with van der Waals surface area (Å²) in [5, 5.41) is 0.784. The normalized spacial score (nSPS) is 16.4. The summed E-state index contributed by atoms with van der Waals surface area (Å²) in [4.78, 5) is 2.37. The molecule has 0 spiro atoms. The van der Waals surface area contributed by atoms with Crippen LogP contribution in [-0.2, 0) is 4.74 Å². The van der Waals surface area contributed by atoms with Gasteiger partial charge in [0.1, 0.15) is 12.4 Å². The highest BCUT2D eigenvalue weighted by Crippen LogP contribution is 2.29. The van der Waals surface area contributed by atoms with Gasteiger partial charge in [-0.3, -0.25) is 4.90 Å². The number of hydrogen-bond acceptors (Lipinski definition) is 3. The van der Waals surface area contributed by atoms with Gasteiger partial charge in [-0.05, 0) is 30.2 Å². The predicted octanol–water partition coefficient (Wildman–Crippen LogP) is 4.42. The zero-order valence-electron chi connectivity index (χ0n) is 14.6. The average Bonchev–Trinajstić information content (AvgIpc) is 2.65. The minimum atomic E-state index is 0.690. The molecule has 1 saturated heterocycles. The third kappa shape index (κ3) is 5.08. The maximum atomic E-state index is 6.35. The van der Waals surface area contributed by atoms with Gasteiger partial charge in [0.25, 0.3) is 0 Å². The molecule has 1 aliphatic rings. The van der Waals surface area contributed by atoms with E-state index in [4.69, 9.17) is 21.1 Å². The highest BCUT2D eigenvalue weighted by molar-refractivity contribution is 6.33. The lowest BCUT2D eigenvalue weighted by Crippen LogP contribution is -2.38. The fourth-order valence-electron chi connectivity index (χ4n) is 3.00. The summed E-state index contributed by atoms with van der Waals surface area (Å²) in [6, 6.07) is 18.4. The van der Waals surface area contributed by atoms with Gasteiger partial charge < -0.3 is 9.47 Å². The smallest absolute Gasteiger partial charge is 0.119 e. The van der Waals surface area contributed by atoms with Crippen LogP contribution in [0.5, 0.6) is 5.75 Å². The zero-order valence-corrected chi connectivity index (χ0v) is 15.3. The first kappa shape index (κ1) is 18.0. The Labute approximate surface area is 154 Å². The summed E-state index contributed by atoms with van der Waals surface area (Å²) in [5.41, 5.74) is 3.28. The molecule has 0 aromatic heterocycles. The maximum Gasteiger partial charge on any atom is 0.119 e. The standard InChI is InChI=1S/C21H24ClNO2/c1-17(22)21(18-5-3-2-4-6-18)19-7-9-20(10-8-19)25-16-13-23-11-14-24-15-12-23/h2-10H,11-16H2,1H3/b21-17+. The molecule has 0 N–H and O–H groups in total. The van der Waals surface area contributed by atoms with E-state index in [-0.39, 0.29) is 0 Å². The first-order valence-electron chi connectivity index (χ1n) is 8.69. The molecule has 2 aromatic carbocycles. The number of morpholine rings is 1. The molecule has 0 unspecified atom stereocenters. The molecular formula is C21H24ClNO2. The van der Waals surface area contributed by atoms with Gasteiger partial charge in [-0.1, -0.05) is 54.1 Å². The second kappa shape index (κ2) is 9.04. The monoisotopic (exact) mass is 357 g/mol. The van der Waals surface area contributed by atoms with Crippen LogP contribution < -0.4 is 4.74 Å². The Hall–Kier alpha value is -1.81. The molecule has 1 aliphatic heterocycles. The Kier molecular flexibility index (Phi) is 6.51. The number of hydrogen-bond donors (Lipinski definition) is 0. The number of ether oxygens (including phenoxy) is 2. The summed E-state index contributed by atoms with van der Waals surface area (Å²) in [6.07, 6.45) is 0. The number of halogens is 1. The number of nitrogens with zero attached hydrogens (tertiary/aromatic N) is 1. The molecule has 132 valence electrons. The van der Waals surface area contributed by atoms with E-state index < -0.39 is 0 Å². The summed E-state index contributed by atoms with van der Waals surface area (Å²) in [5.74, 6) is 0.886. The summed E-state index contributed by atoms with van der Waals surface area (Å²) < 4.78 is 11.2. The summed E-state index contributed by atoms with van der Waals surface area (Å²) in [7, 11) is 0. The van der Waals surface area contributed by atoms with Crippen LogP contribution in [0.15, 0.2) is 59.6 Å².